The number of aromatic nitrogens is 1. The van der Waals surface area contributed by atoms with Gasteiger partial charge in [-0.2, -0.15) is 13.2 Å². The average molecular weight is 366 g/mol. The molecule has 2 N–H and O–H groups in total. The van der Waals surface area contributed by atoms with Gasteiger partial charge in [0.05, 0.1) is 6.54 Å². The van der Waals surface area contributed by atoms with Crippen molar-refractivity contribution in [3.8, 4) is 0 Å². The lowest BCUT2D eigenvalue weighted by atomic mass is 10.2. The fourth-order valence-electron chi connectivity index (χ4n) is 1.70. The molecule has 0 aliphatic rings. The zero-order valence-corrected chi connectivity index (χ0v) is 15.1. The number of guanidine groups is 1. The number of nitrogens with zero attached hydrogens (tertiary/aromatic N) is 2. The molecule has 0 fully saturated rings. The Balaban J connectivity index is 2.40. The number of thiazole rings is 1. The number of ether oxygens (including phenoxy) is 1. The van der Waals surface area contributed by atoms with Gasteiger partial charge in [-0.15, -0.1) is 11.3 Å². The second kappa shape index (κ2) is 10.5. The number of alkyl halides is 3. The third-order valence-electron chi connectivity index (χ3n) is 2.77. The molecule has 24 heavy (non-hydrogen) atoms. The van der Waals surface area contributed by atoms with Gasteiger partial charge in [0.25, 0.3) is 0 Å². The van der Waals surface area contributed by atoms with Gasteiger partial charge in [0.2, 0.25) is 0 Å². The zero-order chi connectivity index (χ0) is 18.0. The van der Waals surface area contributed by atoms with Crippen molar-refractivity contribution in [2.24, 2.45) is 10.9 Å². The van der Waals surface area contributed by atoms with Gasteiger partial charge in [0.15, 0.2) is 11.7 Å². The minimum absolute atomic E-state index is 0.111. The second-order valence-electron chi connectivity index (χ2n) is 5.57. The first kappa shape index (κ1) is 20.7. The summed E-state index contributed by atoms with van der Waals surface area (Å²) in [6.45, 7) is 8.96. The van der Waals surface area contributed by atoms with E-state index in [0.717, 1.165) is 29.7 Å². The summed E-state index contributed by atoms with van der Waals surface area (Å²) in [7, 11) is 0. The Morgan fingerprint density at radius 1 is 1.38 bits per heavy atom. The van der Waals surface area contributed by atoms with Crippen LogP contribution in [0.3, 0.4) is 0 Å². The molecule has 1 rings (SSSR count). The van der Waals surface area contributed by atoms with Crippen LogP contribution in [0.2, 0.25) is 0 Å². The molecule has 5 nitrogen and oxygen atoms in total. The minimum Gasteiger partial charge on any atom is -0.381 e. The van der Waals surface area contributed by atoms with Crippen LogP contribution in [0.15, 0.2) is 10.4 Å². The Morgan fingerprint density at radius 2 is 2.12 bits per heavy atom. The summed E-state index contributed by atoms with van der Waals surface area (Å²) in [5, 5.41) is 7.53. The van der Waals surface area contributed by atoms with E-state index >= 15 is 0 Å². The number of rotatable bonds is 9. The lowest BCUT2D eigenvalue weighted by Crippen LogP contribution is -2.38. The molecular weight excluding hydrogens is 341 g/mol. The predicted octanol–water partition coefficient (Wildman–Crippen LogP) is 3.28. The van der Waals surface area contributed by atoms with E-state index in [1.54, 1.807) is 0 Å². The van der Waals surface area contributed by atoms with Crippen molar-refractivity contribution in [2.45, 2.75) is 39.9 Å². The van der Waals surface area contributed by atoms with Crippen molar-refractivity contribution in [2.75, 3.05) is 26.3 Å². The Hall–Kier alpha value is -1.35. The lowest BCUT2D eigenvalue weighted by Gasteiger charge is -2.11. The predicted molar refractivity (Wildman–Crippen MR) is 90.2 cm³/mol. The van der Waals surface area contributed by atoms with Gasteiger partial charge in [-0.25, -0.2) is 9.98 Å². The van der Waals surface area contributed by atoms with Crippen molar-refractivity contribution in [1.82, 2.24) is 15.6 Å². The van der Waals surface area contributed by atoms with Crippen LogP contribution >= 0.6 is 11.3 Å². The maximum atomic E-state index is 12.5. The van der Waals surface area contributed by atoms with E-state index in [2.05, 4.69) is 34.5 Å². The standard InChI is InChI=1S/C15H25F3N4OS/c1-4-19-14(20-6-5-7-23-9-11(2)3)21-8-13-22-12(10-24-13)15(16,17)18/h10-11H,4-9H2,1-3H3,(H2,19,20,21). The molecule has 0 spiro atoms. The molecule has 0 bridgehead atoms. The highest BCUT2D eigenvalue weighted by molar-refractivity contribution is 7.09. The summed E-state index contributed by atoms with van der Waals surface area (Å²) in [5.41, 5.74) is -0.863. The summed E-state index contributed by atoms with van der Waals surface area (Å²) in [6, 6.07) is 0. The second-order valence-corrected chi connectivity index (χ2v) is 6.51. The molecule has 0 radical (unpaired) electrons. The fraction of sp³-hybridized carbons (Fsp3) is 0.733. The fourth-order valence-corrected chi connectivity index (χ4v) is 2.43. The van der Waals surface area contributed by atoms with Crippen molar-refractivity contribution in [3.05, 3.63) is 16.1 Å². The Morgan fingerprint density at radius 3 is 2.71 bits per heavy atom. The first-order valence-electron chi connectivity index (χ1n) is 7.94. The maximum absolute atomic E-state index is 12.5. The van der Waals surface area contributed by atoms with E-state index < -0.39 is 11.9 Å². The number of nitrogens with one attached hydrogen (secondary N) is 2. The van der Waals surface area contributed by atoms with Gasteiger partial charge in [-0.3, -0.25) is 0 Å². The highest BCUT2D eigenvalue weighted by Crippen LogP contribution is 2.30. The number of hydrogen-bond acceptors (Lipinski definition) is 4. The van der Waals surface area contributed by atoms with Crippen molar-refractivity contribution >= 4 is 17.3 Å². The van der Waals surface area contributed by atoms with Gasteiger partial charge in [-0.1, -0.05) is 13.8 Å². The van der Waals surface area contributed by atoms with Crippen molar-refractivity contribution in [3.63, 3.8) is 0 Å². The van der Waals surface area contributed by atoms with E-state index in [9.17, 15) is 13.2 Å². The molecule has 0 amide bonds. The Kier molecular flexibility index (Phi) is 9.05. The summed E-state index contributed by atoms with van der Waals surface area (Å²) in [5.74, 6) is 1.07. The van der Waals surface area contributed by atoms with Gasteiger partial charge in [0, 0.05) is 31.7 Å². The first-order chi connectivity index (χ1) is 11.3. The first-order valence-corrected chi connectivity index (χ1v) is 8.82. The van der Waals surface area contributed by atoms with Crippen LogP contribution in [-0.4, -0.2) is 37.2 Å². The molecule has 1 heterocycles. The normalized spacial score (nSPS) is 12.7. The summed E-state index contributed by atoms with van der Waals surface area (Å²) < 4.78 is 43.0. The molecule has 0 unspecified atom stereocenters. The average Bonchev–Trinajstić information content (AvgIpc) is 2.97. The summed E-state index contributed by atoms with van der Waals surface area (Å²) >= 11 is 0.960. The SMILES string of the molecule is CCNC(=NCc1nc(C(F)(F)F)cs1)NCCCOCC(C)C. The topological polar surface area (TPSA) is 58.5 Å². The molecule has 1 aromatic heterocycles. The number of aliphatic imine (C=N–C) groups is 1. The largest absolute Gasteiger partial charge is 0.434 e. The van der Waals surface area contributed by atoms with Crippen LogP contribution in [-0.2, 0) is 17.5 Å². The van der Waals surface area contributed by atoms with Crippen LogP contribution in [0.1, 0.15) is 37.9 Å². The Labute approximate surface area is 144 Å². The van der Waals surface area contributed by atoms with Gasteiger partial charge in [-0.05, 0) is 19.3 Å². The molecule has 9 heteroatoms. The number of halogens is 3. The van der Waals surface area contributed by atoms with Crippen LogP contribution in [0.4, 0.5) is 13.2 Å². The number of hydrogen-bond donors (Lipinski definition) is 2. The molecular formula is C15H25F3N4OS. The third-order valence-corrected chi connectivity index (χ3v) is 3.60. The van der Waals surface area contributed by atoms with E-state index in [1.807, 2.05) is 6.92 Å². The van der Waals surface area contributed by atoms with E-state index in [1.165, 1.54) is 0 Å². The van der Waals surface area contributed by atoms with Crippen molar-refractivity contribution in [1.29, 1.82) is 0 Å². The van der Waals surface area contributed by atoms with Crippen LogP contribution in [0.25, 0.3) is 0 Å². The lowest BCUT2D eigenvalue weighted by molar-refractivity contribution is -0.140. The van der Waals surface area contributed by atoms with Gasteiger partial charge in [0.1, 0.15) is 5.01 Å². The van der Waals surface area contributed by atoms with Crippen LogP contribution < -0.4 is 10.6 Å². The molecule has 0 saturated carbocycles. The monoisotopic (exact) mass is 366 g/mol. The van der Waals surface area contributed by atoms with Gasteiger partial charge >= 0.3 is 6.18 Å². The third kappa shape index (κ3) is 8.49. The molecule has 138 valence electrons. The van der Waals surface area contributed by atoms with E-state index in [4.69, 9.17) is 4.74 Å². The quantitative estimate of drug-likeness (QED) is 0.400. The zero-order valence-electron chi connectivity index (χ0n) is 14.2. The molecule has 0 saturated heterocycles. The van der Waals surface area contributed by atoms with E-state index in [0.29, 0.717) is 36.6 Å². The van der Waals surface area contributed by atoms with Gasteiger partial charge < -0.3 is 15.4 Å². The van der Waals surface area contributed by atoms with Crippen LogP contribution in [0, 0.1) is 5.92 Å². The molecule has 0 aliphatic heterocycles. The molecule has 0 aliphatic carbocycles. The molecule has 1 aromatic rings. The Bertz CT molecular complexity index is 503. The highest BCUT2D eigenvalue weighted by Gasteiger charge is 2.33. The van der Waals surface area contributed by atoms with Crippen LogP contribution in [0.5, 0.6) is 0 Å². The van der Waals surface area contributed by atoms with Crippen molar-refractivity contribution < 1.29 is 17.9 Å². The minimum atomic E-state index is -4.41. The highest BCUT2D eigenvalue weighted by atomic mass is 32.1. The summed E-state index contributed by atoms with van der Waals surface area (Å²) in [6.07, 6.45) is -3.58. The maximum Gasteiger partial charge on any atom is 0.434 e. The summed E-state index contributed by atoms with van der Waals surface area (Å²) in [4.78, 5) is 7.82. The molecule has 0 aromatic carbocycles. The smallest absolute Gasteiger partial charge is 0.381 e. The molecule has 0 atom stereocenters. The van der Waals surface area contributed by atoms with E-state index in [-0.39, 0.29) is 6.54 Å².